The predicted molar refractivity (Wildman–Crippen MR) is 99.0 cm³/mol. The maximum Gasteiger partial charge on any atom is 0.191 e. The maximum absolute atomic E-state index is 5.44. The first-order valence-corrected chi connectivity index (χ1v) is 8.58. The Morgan fingerprint density at radius 2 is 2.04 bits per heavy atom. The van der Waals surface area contributed by atoms with Gasteiger partial charge in [-0.15, -0.1) is 0 Å². The third kappa shape index (κ3) is 6.02. The number of hydrogen-bond donors (Lipinski definition) is 2. The molecule has 1 unspecified atom stereocenters. The predicted octanol–water partition coefficient (Wildman–Crippen LogP) is 1.40. The first-order valence-electron chi connectivity index (χ1n) is 8.58. The van der Waals surface area contributed by atoms with Gasteiger partial charge in [-0.3, -0.25) is 4.99 Å². The highest BCUT2D eigenvalue weighted by Crippen LogP contribution is 2.20. The molecule has 1 saturated heterocycles. The fourth-order valence-corrected chi connectivity index (χ4v) is 2.74. The molecule has 24 heavy (non-hydrogen) atoms. The summed E-state index contributed by atoms with van der Waals surface area (Å²) in [6.07, 6.45) is 1.11. The van der Waals surface area contributed by atoms with E-state index in [2.05, 4.69) is 51.7 Å². The Balaban J connectivity index is 1.69. The van der Waals surface area contributed by atoms with Gasteiger partial charge in [0.05, 0.1) is 19.8 Å². The number of guanidine groups is 1. The number of rotatable bonds is 8. The fraction of sp³-hybridized carbons (Fsp3) is 0.611. The van der Waals surface area contributed by atoms with E-state index in [0.29, 0.717) is 25.9 Å². The standard InChI is InChI=1S/C18H30N4O2/c1-15-4-6-17(7-5-15)22-10-8-16(14-22)21-18(19-2)20-9-11-24-13-12-23-3/h4-7,16H,8-14H2,1-3H3,(H2,19,20,21). The number of aryl methyl sites for hydroxylation is 1. The van der Waals surface area contributed by atoms with E-state index in [1.54, 1.807) is 14.2 Å². The topological polar surface area (TPSA) is 58.1 Å². The molecule has 0 amide bonds. The van der Waals surface area contributed by atoms with Crippen LogP contribution in [0.5, 0.6) is 0 Å². The molecule has 1 aliphatic heterocycles. The van der Waals surface area contributed by atoms with Crippen molar-refractivity contribution in [3.8, 4) is 0 Å². The highest BCUT2D eigenvalue weighted by molar-refractivity contribution is 5.80. The van der Waals surface area contributed by atoms with Gasteiger partial charge in [0.1, 0.15) is 0 Å². The lowest BCUT2D eigenvalue weighted by Gasteiger charge is -2.20. The zero-order valence-electron chi connectivity index (χ0n) is 15.0. The minimum atomic E-state index is 0.409. The molecule has 0 radical (unpaired) electrons. The molecule has 0 aliphatic carbocycles. The SMILES string of the molecule is CN=C(NCCOCCOC)NC1CCN(c2ccc(C)cc2)C1. The van der Waals surface area contributed by atoms with E-state index in [0.717, 1.165) is 32.0 Å². The van der Waals surface area contributed by atoms with Gasteiger partial charge in [-0.1, -0.05) is 17.7 Å². The molecule has 2 N–H and O–H groups in total. The Hall–Kier alpha value is -1.79. The summed E-state index contributed by atoms with van der Waals surface area (Å²) in [5.74, 6) is 0.834. The molecule has 1 fully saturated rings. The fourth-order valence-electron chi connectivity index (χ4n) is 2.74. The first-order chi connectivity index (χ1) is 11.7. The second-order valence-corrected chi connectivity index (χ2v) is 6.02. The summed E-state index contributed by atoms with van der Waals surface area (Å²) in [7, 11) is 3.47. The van der Waals surface area contributed by atoms with Gasteiger partial charge in [-0.05, 0) is 25.5 Å². The van der Waals surface area contributed by atoms with Crippen LogP contribution in [0.25, 0.3) is 0 Å². The number of anilines is 1. The highest BCUT2D eigenvalue weighted by atomic mass is 16.5. The number of nitrogens with zero attached hydrogens (tertiary/aromatic N) is 2. The van der Waals surface area contributed by atoms with Gasteiger partial charge in [-0.2, -0.15) is 0 Å². The van der Waals surface area contributed by atoms with Crippen molar-refractivity contribution in [2.45, 2.75) is 19.4 Å². The smallest absolute Gasteiger partial charge is 0.191 e. The Morgan fingerprint density at radius 1 is 1.25 bits per heavy atom. The maximum atomic E-state index is 5.44. The lowest BCUT2D eigenvalue weighted by molar-refractivity contribution is 0.0733. The van der Waals surface area contributed by atoms with Crippen molar-refractivity contribution in [3.63, 3.8) is 0 Å². The molecule has 1 atom stereocenters. The molecule has 0 bridgehead atoms. The summed E-state index contributed by atoms with van der Waals surface area (Å²) in [6.45, 7) is 6.81. The van der Waals surface area contributed by atoms with Gasteiger partial charge in [0, 0.05) is 45.5 Å². The van der Waals surface area contributed by atoms with Crippen LogP contribution in [0.1, 0.15) is 12.0 Å². The van der Waals surface area contributed by atoms with E-state index < -0.39 is 0 Å². The van der Waals surface area contributed by atoms with Crippen LogP contribution in [0.15, 0.2) is 29.3 Å². The van der Waals surface area contributed by atoms with E-state index in [-0.39, 0.29) is 0 Å². The molecule has 2 rings (SSSR count). The van der Waals surface area contributed by atoms with Crippen molar-refractivity contribution in [2.75, 3.05) is 58.5 Å². The molecule has 6 nitrogen and oxygen atoms in total. The van der Waals surface area contributed by atoms with Crippen LogP contribution in [-0.4, -0.2) is 65.6 Å². The molecule has 1 heterocycles. The molecule has 1 aliphatic rings. The van der Waals surface area contributed by atoms with Crippen LogP contribution < -0.4 is 15.5 Å². The van der Waals surface area contributed by atoms with Crippen molar-refractivity contribution < 1.29 is 9.47 Å². The Bertz CT molecular complexity index is 504. The summed E-state index contributed by atoms with van der Waals surface area (Å²) in [5, 5.41) is 6.79. The Morgan fingerprint density at radius 3 is 2.75 bits per heavy atom. The van der Waals surface area contributed by atoms with Gasteiger partial charge < -0.3 is 25.0 Å². The third-order valence-corrected chi connectivity index (χ3v) is 4.12. The van der Waals surface area contributed by atoms with Crippen LogP contribution in [0.3, 0.4) is 0 Å². The van der Waals surface area contributed by atoms with E-state index in [9.17, 15) is 0 Å². The Labute approximate surface area is 145 Å². The molecule has 1 aromatic carbocycles. The Kier molecular flexibility index (Phi) is 7.85. The average molecular weight is 334 g/mol. The summed E-state index contributed by atoms with van der Waals surface area (Å²) >= 11 is 0. The van der Waals surface area contributed by atoms with Crippen molar-refractivity contribution in [1.82, 2.24) is 10.6 Å². The normalized spacial score (nSPS) is 18.0. The van der Waals surface area contributed by atoms with Crippen molar-refractivity contribution >= 4 is 11.6 Å². The summed E-state index contributed by atoms with van der Waals surface area (Å²) in [5.41, 5.74) is 2.59. The summed E-state index contributed by atoms with van der Waals surface area (Å²) in [4.78, 5) is 6.71. The van der Waals surface area contributed by atoms with Gasteiger partial charge in [0.2, 0.25) is 0 Å². The lowest BCUT2D eigenvalue weighted by atomic mass is 10.2. The van der Waals surface area contributed by atoms with Gasteiger partial charge in [0.15, 0.2) is 5.96 Å². The van der Waals surface area contributed by atoms with Crippen molar-refractivity contribution in [2.24, 2.45) is 4.99 Å². The molecular formula is C18H30N4O2. The number of ether oxygens (including phenoxy) is 2. The summed E-state index contributed by atoms with van der Waals surface area (Å²) < 4.78 is 10.4. The van der Waals surface area contributed by atoms with Gasteiger partial charge >= 0.3 is 0 Å². The largest absolute Gasteiger partial charge is 0.382 e. The van der Waals surface area contributed by atoms with Crippen LogP contribution in [0.4, 0.5) is 5.69 Å². The van der Waals surface area contributed by atoms with Crippen molar-refractivity contribution in [3.05, 3.63) is 29.8 Å². The zero-order chi connectivity index (χ0) is 17.2. The van der Waals surface area contributed by atoms with Gasteiger partial charge in [0.25, 0.3) is 0 Å². The van der Waals surface area contributed by atoms with E-state index >= 15 is 0 Å². The summed E-state index contributed by atoms with van der Waals surface area (Å²) in [6, 6.07) is 9.14. The second-order valence-electron chi connectivity index (χ2n) is 6.02. The molecule has 0 spiro atoms. The highest BCUT2D eigenvalue weighted by Gasteiger charge is 2.23. The number of nitrogens with one attached hydrogen (secondary N) is 2. The minimum Gasteiger partial charge on any atom is -0.382 e. The molecule has 1 aromatic rings. The van der Waals surface area contributed by atoms with Crippen LogP contribution in [-0.2, 0) is 9.47 Å². The molecule has 0 saturated carbocycles. The quantitative estimate of drug-likeness (QED) is 0.428. The van der Waals surface area contributed by atoms with E-state index in [1.807, 2.05) is 0 Å². The van der Waals surface area contributed by atoms with E-state index in [1.165, 1.54) is 11.3 Å². The molecular weight excluding hydrogens is 304 g/mol. The number of benzene rings is 1. The van der Waals surface area contributed by atoms with Crippen LogP contribution in [0.2, 0.25) is 0 Å². The first kappa shape index (κ1) is 18.5. The molecule has 6 heteroatoms. The average Bonchev–Trinajstić information content (AvgIpc) is 3.06. The van der Waals surface area contributed by atoms with E-state index in [4.69, 9.17) is 9.47 Å². The second kappa shape index (κ2) is 10.2. The lowest BCUT2D eigenvalue weighted by Crippen LogP contribution is -2.45. The van der Waals surface area contributed by atoms with Crippen LogP contribution >= 0.6 is 0 Å². The van der Waals surface area contributed by atoms with Crippen LogP contribution in [0, 0.1) is 6.92 Å². The molecule has 134 valence electrons. The third-order valence-electron chi connectivity index (χ3n) is 4.12. The minimum absolute atomic E-state index is 0.409. The number of methoxy groups -OCH3 is 1. The van der Waals surface area contributed by atoms with Gasteiger partial charge in [-0.25, -0.2) is 0 Å². The monoisotopic (exact) mass is 334 g/mol. The van der Waals surface area contributed by atoms with Crippen molar-refractivity contribution in [1.29, 1.82) is 0 Å². The number of aliphatic imine (C=N–C) groups is 1. The number of hydrogen-bond acceptors (Lipinski definition) is 4. The zero-order valence-corrected chi connectivity index (χ0v) is 15.0. The molecule has 0 aromatic heterocycles.